The molecule has 0 radical (unpaired) electrons. The highest BCUT2D eigenvalue weighted by Crippen LogP contribution is 1.97. The van der Waals surface area contributed by atoms with Crippen LogP contribution in [0.5, 0.6) is 0 Å². The topological polar surface area (TPSA) is 81.7 Å². The van der Waals surface area contributed by atoms with Gasteiger partial charge in [0.1, 0.15) is 0 Å². The van der Waals surface area contributed by atoms with Gasteiger partial charge in [0, 0.05) is 12.6 Å². The molecular formula is C10H19F2N3O3. The highest BCUT2D eigenvalue weighted by atomic mass is 19.3. The highest BCUT2D eigenvalue weighted by Gasteiger charge is 2.16. The molecule has 0 saturated carbocycles. The van der Waals surface area contributed by atoms with Gasteiger partial charge in [-0.25, -0.2) is 13.6 Å². The molecule has 0 rings (SSSR count). The number of hydrogen-bond acceptors (Lipinski definition) is 4. The van der Waals surface area contributed by atoms with Gasteiger partial charge in [0.25, 0.3) is 6.43 Å². The summed E-state index contributed by atoms with van der Waals surface area (Å²) in [7, 11) is 0. The first-order valence-corrected chi connectivity index (χ1v) is 5.56. The molecule has 0 aliphatic rings. The van der Waals surface area contributed by atoms with Gasteiger partial charge in [-0.2, -0.15) is 0 Å². The molecule has 18 heavy (non-hydrogen) atoms. The standard InChI is InChI=1S/C10H19F2N3O3/c1-7(2)13-10(18)14-9(17)6-15(3-4-16)5-8(11)12/h7-8,16H,3-6H2,1-2H3,(H2,13,14,17,18). The van der Waals surface area contributed by atoms with E-state index in [4.69, 9.17) is 5.11 Å². The van der Waals surface area contributed by atoms with Crippen molar-refractivity contribution in [2.24, 2.45) is 0 Å². The first kappa shape index (κ1) is 16.7. The molecule has 0 heterocycles. The third-order valence-corrected chi connectivity index (χ3v) is 1.85. The Bertz CT molecular complexity index is 275. The summed E-state index contributed by atoms with van der Waals surface area (Å²) in [5.74, 6) is -0.692. The van der Waals surface area contributed by atoms with E-state index in [-0.39, 0.29) is 25.7 Å². The van der Waals surface area contributed by atoms with Crippen molar-refractivity contribution in [1.82, 2.24) is 15.5 Å². The first-order valence-electron chi connectivity index (χ1n) is 5.56. The molecule has 6 nitrogen and oxygen atoms in total. The molecule has 0 aromatic rings. The van der Waals surface area contributed by atoms with Crippen molar-refractivity contribution < 1.29 is 23.5 Å². The second kappa shape index (κ2) is 8.76. The summed E-state index contributed by atoms with van der Waals surface area (Å²) in [5.41, 5.74) is 0. The van der Waals surface area contributed by atoms with Crippen molar-refractivity contribution in [2.75, 3.05) is 26.2 Å². The third kappa shape index (κ3) is 8.82. The number of halogens is 2. The Labute approximate surface area is 104 Å². The Morgan fingerprint density at radius 1 is 1.33 bits per heavy atom. The fourth-order valence-electron chi connectivity index (χ4n) is 1.24. The van der Waals surface area contributed by atoms with Crippen LogP contribution in [0.15, 0.2) is 0 Å². The van der Waals surface area contributed by atoms with Gasteiger partial charge in [0.05, 0.1) is 19.7 Å². The van der Waals surface area contributed by atoms with Gasteiger partial charge in [0.15, 0.2) is 0 Å². The highest BCUT2D eigenvalue weighted by molar-refractivity contribution is 5.95. The van der Waals surface area contributed by atoms with Gasteiger partial charge >= 0.3 is 6.03 Å². The van der Waals surface area contributed by atoms with Crippen molar-refractivity contribution in [2.45, 2.75) is 26.3 Å². The second-order valence-electron chi connectivity index (χ2n) is 4.03. The summed E-state index contributed by atoms with van der Waals surface area (Å²) >= 11 is 0. The van der Waals surface area contributed by atoms with Gasteiger partial charge in [-0.1, -0.05) is 0 Å². The Balaban J connectivity index is 4.12. The summed E-state index contributed by atoms with van der Waals surface area (Å²) in [4.78, 5) is 23.6. The minimum atomic E-state index is -2.60. The van der Waals surface area contributed by atoms with Crippen LogP contribution in [0.2, 0.25) is 0 Å². The summed E-state index contributed by atoms with van der Waals surface area (Å²) in [6.45, 7) is 2.07. The normalized spacial score (nSPS) is 11.1. The molecule has 0 atom stereocenters. The Hall–Kier alpha value is -1.28. The van der Waals surface area contributed by atoms with Gasteiger partial charge < -0.3 is 10.4 Å². The average molecular weight is 267 g/mol. The second-order valence-corrected chi connectivity index (χ2v) is 4.03. The lowest BCUT2D eigenvalue weighted by Crippen LogP contribution is -2.47. The summed E-state index contributed by atoms with van der Waals surface area (Å²) in [6.07, 6.45) is -2.60. The van der Waals surface area contributed by atoms with E-state index in [0.29, 0.717) is 0 Å². The number of carbonyl (C=O) groups is 2. The SMILES string of the molecule is CC(C)NC(=O)NC(=O)CN(CCO)CC(F)F. The molecule has 3 amide bonds. The van der Waals surface area contributed by atoms with E-state index in [1.807, 2.05) is 5.32 Å². The quantitative estimate of drug-likeness (QED) is 0.595. The zero-order valence-corrected chi connectivity index (χ0v) is 10.4. The number of aliphatic hydroxyl groups excluding tert-OH is 1. The molecule has 0 aromatic heterocycles. The van der Waals surface area contributed by atoms with Gasteiger partial charge in [-0.15, -0.1) is 0 Å². The fourth-order valence-corrected chi connectivity index (χ4v) is 1.24. The van der Waals surface area contributed by atoms with Crippen LogP contribution in [-0.2, 0) is 4.79 Å². The number of alkyl halides is 2. The maximum atomic E-state index is 12.2. The minimum absolute atomic E-state index is 0.0520. The van der Waals surface area contributed by atoms with Crippen LogP contribution in [0.4, 0.5) is 13.6 Å². The molecular weight excluding hydrogens is 248 g/mol. The van der Waals surface area contributed by atoms with Crippen molar-refractivity contribution in [3.63, 3.8) is 0 Å². The first-order chi connectivity index (χ1) is 8.35. The number of nitrogens with zero attached hydrogens (tertiary/aromatic N) is 1. The van der Waals surface area contributed by atoms with Crippen LogP contribution < -0.4 is 10.6 Å². The van der Waals surface area contributed by atoms with Crippen LogP contribution in [0.25, 0.3) is 0 Å². The van der Waals surface area contributed by atoms with Gasteiger partial charge in [-0.3, -0.25) is 15.0 Å². The number of urea groups is 1. The van der Waals surface area contributed by atoms with Crippen LogP contribution >= 0.6 is 0 Å². The number of aliphatic hydroxyl groups is 1. The smallest absolute Gasteiger partial charge is 0.321 e. The number of imide groups is 1. The number of rotatable bonds is 7. The van der Waals surface area contributed by atoms with E-state index in [1.54, 1.807) is 13.8 Å². The van der Waals surface area contributed by atoms with E-state index < -0.39 is 24.9 Å². The van der Waals surface area contributed by atoms with E-state index >= 15 is 0 Å². The Morgan fingerprint density at radius 3 is 2.39 bits per heavy atom. The van der Waals surface area contributed by atoms with E-state index in [2.05, 4.69) is 5.32 Å². The fraction of sp³-hybridized carbons (Fsp3) is 0.800. The summed E-state index contributed by atoms with van der Waals surface area (Å²) in [5, 5.41) is 13.1. The molecule has 0 saturated heterocycles. The molecule has 3 N–H and O–H groups in total. The third-order valence-electron chi connectivity index (χ3n) is 1.85. The number of amides is 3. The monoisotopic (exact) mass is 267 g/mol. The predicted octanol–water partition coefficient (Wildman–Crippen LogP) is -0.220. The molecule has 0 aliphatic carbocycles. The lowest BCUT2D eigenvalue weighted by atomic mass is 10.4. The molecule has 0 bridgehead atoms. The lowest BCUT2D eigenvalue weighted by Gasteiger charge is -2.20. The zero-order chi connectivity index (χ0) is 14.1. The van der Waals surface area contributed by atoms with Crippen molar-refractivity contribution in [3.8, 4) is 0 Å². The maximum Gasteiger partial charge on any atom is 0.321 e. The van der Waals surface area contributed by atoms with E-state index in [0.717, 1.165) is 4.90 Å². The Kier molecular flexibility index (Phi) is 8.14. The predicted molar refractivity (Wildman–Crippen MR) is 61.3 cm³/mol. The largest absolute Gasteiger partial charge is 0.395 e. The summed E-state index contributed by atoms with van der Waals surface area (Å²) < 4.78 is 24.3. The van der Waals surface area contributed by atoms with Crippen molar-refractivity contribution in [1.29, 1.82) is 0 Å². The van der Waals surface area contributed by atoms with Crippen LogP contribution in [-0.4, -0.2) is 60.7 Å². The van der Waals surface area contributed by atoms with E-state index in [1.165, 1.54) is 0 Å². The average Bonchev–Trinajstić information content (AvgIpc) is 2.14. The summed E-state index contributed by atoms with van der Waals surface area (Å²) in [6, 6.07) is -0.802. The van der Waals surface area contributed by atoms with Gasteiger partial charge in [0.2, 0.25) is 5.91 Å². The Morgan fingerprint density at radius 2 is 1.94 bits per heavy atom. The molecule has 106 valence electrons. The zero-order valence-electron chi connectivity index (χ0n) is 10.4. The van der Waals surface area contributed by atoms with Gasteiger partial charge in [-0.05, 0) is 13.8 Å². The number of hydrogen-bond donors (Lipinski definition) is 3. The molecule has 0 unspecified atom stereocenters. The van der Waals surface area contributed by atoms with Crippen LogP contribution in [0.3, 0.4) is 0 Å². The molecule has 0 fully saturated rings. The lowest BCUT2D eigenvalue weighted by molar-refractivity contribution is -0.121. The van der Waals surface area contributed by atoms with Crippen molar-refractivity contribution >= 4 is 11.9 Å². The molecule has 0 aliphatic heterocycles. The van der Waals surface area contributed by atoms with Crippen LogP contribution in [0.1, 0.15) is 13.8 Å². The molecule has 0 spiro atoms. The van der Waals surface area contributed by atoms with E-state index in [9.17, 15) is 18.4 Å². The number of nitrogens with one attached hydrogen (secondary N) is 2. The van der Waals surface area contributed by atoms with Crippen LogP contribution in [0, 0.1) is 0 Å². The molecule has 0 aromatic carbocycles. The maximum absolute atomic E-state index is 12.2. The molecule has 8 heteroatoms. The van der Waals surface area contributed by atoms with Crippen molar-refractivity contribution in [3.05, 3.63) is 0 Å². The minimum Gasteiger partial charge on any atom is -0.395 e. The number of carbonyl (C=O) groups excluding carboxylic acids is 2.